The number of nitrogens with zero attached hydrogens (tertiary/aromatic N) is 1. The molecule has 176 valence electrons. The lowest BCUT2D eigenvalue weighted by Gasteiger charge is -2.22. The summed E-state index contributed by atoms with van der Waals surface area (Å²) in [4.78, 5) is 27.4. The first kappa shape index (κ1) is 23.5. The van der Waals surface area contributed by atoms with Crippen LogP contribution in [0.2, 0.25) is 0 Å². The number of nitrogens with one attached hydrogen (secondary N) is 3. The first-order valence-corrected chi connectivity index (χ1v) is 11.8. The zero-order chi connectivity index (χ0) is 23.9. The van der Waals surface area contributed by atoms with Gasteiger partial charge >= 0.3 is 0 Å². The topological polar surface area (TPSA) is 73.5 Å². The monoisotopic (exact) mass is 456 g/mol. The lowest BCUT2D eigenvalue weighted by Crippen LogP contribution is -2.37. The molecule has 3 N–H and O–H groups in total. The molecule has 0 heterocycles. The Hall–Kier alpha value is -3.64. The standard InChI is InChI=1S/C28H32N4O2/c1-20-7-6-8-21(2)28(20)31-27(34)19-32(25-15-16-25)18-17-26(33)30-24-13-11-23(12-14-24)29-22-9-4-3-5-10-22/h3-14,25,29H,15-19H2,1-2H3,(H,30,33)(H,31,34). The van der Waals surface area contributed by atoms with Crippen LogP contribution in [0.15, 0.2) is 72.8 Å². The molecule has 3 aromatic rings. The number of rotatable bonds is 10. The van der Waals surface area contributed by atoms with Crippen LogP contribution in [0.1, 0.15) is 30.4 Å². The molecule has 1 saturated carbocycles. The zero-order valence-electron chi connectivity index (χ0n) is 19.8. The Labute approximate surface area is 201 Å². The van der Waals surface area contributed by atoms with Gasteiger partial charge in [-0.2, -0.15) is 0 Å². The molecular formula is C28H32N4O2. The van der Waals surface area contributed by atoms with Crippen molar-refractivity contribution in [2.45, 2.75) is 39.2 Å². The molecule has 0 aliphatic heterocycles. The number of carbonyl (C=O) groups is 2. The molecule has 34 heavy (non-hydrogen) atoms. The third-order valence-corrected chi connectivity index (χ3v) is 6.01. The number of aryl methyl sites for hydroxylation is 2. The summed E-state index contributed by atoms with van der Waals surface area (Å²) < 4.78 is 0. The second-order valence-corrected chi connectivity index (χ2v) is 8.88. The zero-order valence-corrected chi connectivity index (χ0v) is 19.8. The number of anilines is 4. The molecule has 6 heteroatoms. The van der Waals surface area contributed by atoms with Crippen molar-refractivity contribution in [1.82, 2.24) is 4.90 Å². The fourth-order valence-corrected chi connectivity index (χ4v) is 4.00. The van der Waals surface area contributed by atoms with E-state index in [4.69, 9.17) is 0 Å². The summed E-state index contributed by atoms with van der Waals surface area (Å²) in [7, 11) is 0. The second-order valence-electron chi connectivity index (χ2n) is 8.88. The van der Waals surface area contributed by atoms with Crippen LogP contribution in [0.5, 0.6) is 0 Å². The Balaban J connectivity index is 1.26. The quantitative estimate of drug-likeness (QED) is 0.378. The molecule has 1 fully saturated rings. The predicted octanol–water partition coefficient (Wildman–Crippen LogP) is 5.48. The van der Waals surface area contributed by atoms with E-state index in [0.717, 1.165) is 46.7 Å². The molecule has 0 aromatic heterocycles. The Morgan fingerprint density at radius 1 is 0.765 bits per heavy atom. The van der Waals surface area contributed by atoms with Crippen LogP contribution in [-0.2, 0) is 9.59 Å². The fraction of sp³-hybridized carbons (Fsp3) is 0.286. The highest BCUT2D eigenvalue weighted by atomic mass is 16.2. The summed E-state index contributed by atoms with van der Waals surface area (Å²) in [6, 6.07) is 24.0. The number of hydrogen-bond acceptors (Lipinski definition) is 4. The molecule has 1 aliphatic carbocycles. The van der Waals surface area contributed by atoms with Crippen molar-refractivity contribution < 1.29 is 9.59 Å². The highest BCUT2D eigenvalue weighted by Crippen LogP contribution is 2.27. The van der Waals surface area contributed by atoms with Gasteiger partial charge in [0.15, 0.2) is 0 Å². The van der Waals surface area contributed by atoms with Gasteiger partial charge in [0, 0.05) is 41.8 Å². The normalized spacial score (nSPS) is 12.9. The molecule has 2 amide bonds. The Bertz CT molecular complexity index is 1100. The van der Waals surface area contributed by atoms with Gasteiger partial charge in [0.2, 0.25) is 11.8 Å². The van der Waals surface area contributed by atoms with E-state index < -0.39 is 0 Å². The summed E-state index contributed by atoms with van der Waals surface area (Å²) in [6.07, 6.45) is 2.50. The number of para-hydroxylation sites is 2. The second kappa shape index (κ2) is 11.0. The average molecular weight is 457 g/mol. The predicted molar refractivity (Wildman–Crippen MR) is 139 cm³/mol. The third-order valence-electron chi connectivity index (χ3n) is 6.01. The molecule has 4 rings (SSSR count). The molecule has 0 unspecified atom stereocenters. The lowest BCUT2D eigenvalue weighted by molar-refractivity contribution is -0.119. The highest BCUT2D eigenvalue weighted by Gasteiger charge is 2.30. The summed E-state index contributed by atoms with van der Waals surface area (Å²) in [5, 5.41) is 9.35. The van der Waals surface area contributed by atoms with Crippen LogP contribution < -0.4 is 16.0 Å². The minimum Gasteiger partial charge on any atom is -0.356 e. The minimum atomic E-state index is -0.0513. The fourth-order valence-electron chi connectivity index (χ4n) is 4.00. The maximum Gasteiger partial charge on any atom is 0.238 e. The van der Waals surface area contributed by atoms with Gasteiger partial charge in [-0.1, -0.05) is 36.4 Å². The molecule has 0 bridgehead atoms. The van der Waals surface area contributed by atoms with Crippen molar-refractivity contribution in [3.8, 4) is 0 Å². The van der Waals surface area contributed by atoms with Gasteiger partial charge in [-0.15, -0.1) is 0 Å². The van der Waals surface area contributed by atoms with Crippen molar-refractivity contribution >= 4 is 34.6 Å². The smallest absolute Gasteiger partial charge is 0.238 e. The summed E-state index contributed by atoms with van der Waals surface area (Å²) in [5.41, 5.74) is 5.71. The number of carbonyl (C=O) groups excluding carboxylic acids is 2. The van der Waals surface area contributed by atoms with Crippen molar-refractivity contribution in [1.29, 1.82) is 0 Å². The van der Waals surface area contributed by atoms with Gasteiger partial charge in [0.05, 0.1) is 6.54 Å². The molecule has 0 saturated heterocycles. The number of hydrogen-bond donors (Lipinski definition) is 3. The molecule has 6 nitrogen and oxygen atoms in total. The summed E-state index contributed by atoms with van der Waals surface area (Å²) in [6.45, 7) is 4.85. The van der Waals surface area contributed by atoms with Gasteiger partial charge in [0.25, 0.3) is 0 Å². The summed E-state index contributed by atoms with van der Waals surface area (Å²) >= 11 is 0. The van der Waals surface area contributed by atoms with Gasteiger partial charge in [-0.25, -0.2) is 0 Å². The Morgan fingerprint density at radius 2 is 1.38 bits per heavy atom. The lowest BCUT2D eigenvalue weighted by atomic mass is 10.1. The first-order valence-electron chi connectivity index (χ1n) is 11.8. The summed E-state index contributed by atoms with van der Waals surface area (Å²) in [5.74, 6) is -0.0872. The SMILES string of the molecule is Cc1cccc(C)c1NC(=O)CN(CCC(=O)Nc1ccc(Nc2ccccc2)cc1)C1CC1. The Morgan fingerprint density at radius 3 is 2.03 bits per heavy atom. The Kier molecular flexibility index (Phi) is 7.60. The van der Waals surface area contributed by atoms with Crippen molar-refractivity contribution in [3.05, 3.63) is 83.9 Å². The van der Waals surface area contributed by atoms with Crippen molar-refractivity contribution in [3.63, 3.8) is 0 Å². The van der Waals surface area contributed by atoms with E-state index in [0.29, 0.717) is 25.6 Å². The largest absolute Gasteiger partial charge is 0.356 e. The van der Waals surface area contributed by atoms with E-state index in [1.54, 1.807) is 0 Å². The van der Waals surface area contributed by atoms with Crippen LogP contribution in [0.3, 0.4) is 0 Å². The van der Waals surface area contributed by atoms with Gasteiger partial charge in [-0.3, -0.25) is 14.5 Å². The van der Waals surface area contributed by atoms with E-state index in [2.05, 4.69) is 20.9 Å². The van der Waals surface area contributed by atoms with Crippen LogP contribution in [0, 0.1) is 13.8 Å². The van der Waals surface area contributed by atoms with Gasteiger partial charge in [-0.05, 0) is 74.2 Å². The van der Waals surface area contributed by atoms with E-state index >= 15 is 0 Å². The molecule has 0 atom stereocenters. The maximum absolute atomic E-state index is 12.7. The highest BCUT2D eigenvalue weighted by molar-refractivity contribution is 5.94. The van der Waals surface area contributed by atoms with Crippen LogP contribution in [-0.4, -0.2) is 35.8 Å². The number of amides is 2. The van der Waals surface area contributed by atoms with E-state index in [1.165, 1.54) is 0 Å². The van der Waals surface area contributed by atoms with Gasteiger partial charge in [0.1, 0.15) is 0 Å². The molecule has 0 radical (unpaired) electrons. The van der Waals surface area contributed by atoms with E-state index in [1.807, 2.05) is 86.6 Å². The van der Waals surface area contributed by atoms with Crippen LogP contribution in [0.4, 0.5) is 22.7 Å². The van der Waals surface area contributed by atoms with Crippen LogP contribution >= 0.6 is 0 Å². The third kappa shape index (κ3) is 6.68. The molecule has 3 aromatic carbocycles. The minimum absolute atomic E-state index is 0.0359. The average Bonchev–Trinajstić information content (AvgIpc) is 3.67. The first-order chi connectivity index (χ1) is 16.5. The van der Waals surface area contributed by atoms with Crippen molar-refractivity contribution in [2.24, 2.45) is 0 Å². The van der Waals surface area contributed by atoms with Crippen molar-refractivity contribution in [2.75, 3.05) is 29.0 Å². The van der Waals surface area contributed by atoms with Gasteiger partial charge < -0.3 is 16.0 Å². The maximum atomic E-state index is 12.7. The van der Waals surface area contributed by atoms with E-state index in [-0.39, 0.29) is 11.8 Å². The van der Waals surface area contributed by atoms with E-state index in [9.17, 15) is 9.59 Å². The van der Waals surface area contributed by atoms with Crippen LogP contribution in [0.25, 0.3) is 0 Å². The number of benzene rings is 3. The molecule has 0 spiro atoms. The molecule has 1 aliphatic rings. The molecular weight excluding hydrogens is 424 g/mol.